The molecule has 92 valence electrons. The van der Waals surface area contributed by atoms with Crippen LogP contribution in [0.25, 0.3) is 0 Å². The largest absolute Gasteiger partial charge is 0.483 e. The van der Waals surface area contributed by atoms with E-state index in [2.05, 4.69) is 31.2 Å². The fraction of sp³-hybridized carbons (Fsp3) is 0.462. The first kappa shape index (κ1) is 17.1. The van der Waals surface area contributed by atoms with Crippen LogP contribution in [0.2, 0.25) is 0 Å². The summed E-state index contributed by atoms with van der Waals surface area (Å²) in [7, 11) is 0. The Balaban J connectivity index is 0. The smallest absolute Gasteiger partial charge is 0.290 e. The number of hydrogen-bond donors (Lipinski definition) is 1. The van der Waals surface area contributed by atoms with Crippen LogP contribution in [0.5, 0.6) is 0 Å². The molecule has 1 N–H and O–H groups in total. The zero-order chi connectivity index (χ0) is 12.8. The summed E-state index contributed by atoms with van der Waals surface area (Å²) >= 11 is 0. The Labute approximate surface area is 98.1 Å². The summed E-state index contributed by atoms with van der Waals surface area (Å²) in [5.41, 5.74) is 2.54. The molecule has 0 fully saturated rings. The van der Waals surface area contributed by atoms with Crippen LogP contribution in [0, 0.1) is 6.92 Å². The molecule has 0 saturated carbocycles. The third-order valence-electron chi connectivity index (χ3n) is 1.59. The van der Waals surface area contributed by atoms with Crippen LogP contribution < -0.4 is 0 Å². The molecule has 0 aliphatic carbocycles. The normalized spacial score (nSPS) is 8.00. The van der Waals surface area contributed by atoms with Crippen molar-refractivity contribution < 1.29 is 14.6 Å². The van der Waals surface area contributed by atoms with Crippen LogP contribution in [-0.4, -0.2) is 18.2 Å². The number of aryl methyl sites for hydroxylation is 1. The lowest BCUT2D eigenvalue weighted by Crippen LogP contribution is -1.90. The molecule has 1 aromatic carbocycles. The van der Waals surface area contributed by atoms with Crippen molar-refractivity contribution in [3.63, 3.8) is 0 Å². The molecular weight excluding hydrogens is 204 g/mol. The highest BCUT2D eigenvalue weighted by Crippen LogP contribution is 2.03. The minimum Gasteiger partial charge on any atom is -0.483 e. The molecule has 0 heterocycles. The van der Waals surface area contributed by atoms with E-state index in [9.17, 15) is 0 Å². The number of rotatable bonds is 3. The van der Waals surface area contributed by atoms with E-state index >= 15 is 0 Å². The molecule has 0 unspecified atom stereocenters. The van der Waals surface area contributed by atoms with Gasteiger partial charge in [-0.1, -0.05) is 43.7 Å². The molecule has 0 aromatic heterocycles. The molecule has 0 saturated heterocycles. The van der Waals surface area contributed by atoms with Gasteiger partial charge in [0.2, 0.25) is 0 Å². The zero-order valence-electron chi connectivity index (χ0n) is 10.6. The predicted molar refractivity (Wildman–Crippen MR) is 66.5 cm³/mol. The molecule has 1 rings (SSSR count). The lowest BCUT2D eigenvalue weighted by molar-refractivity contribution is -0.122. The zero-order valence-corrected chi connectivity index (χ0v) is 10.6. The third-order valence-corrected chi connectivity index (χ3v) is 1.59. The molecule has 0 aliphatic rings. The molecule has 1 aromatic rings. The molecule has 0 spiro atoms. The van der Waals surface area contributed by atoms with Gasteiger partial charge < -0.3 is 9.84 Å². The lowest BCUT2D eigenvalue weighted by Gasteiger charge is -2.00. The summed E-state index contributed by atoms with van der Waals surface area (Å²) in [5.74, 6) is 0. The van der Waals surface area contributed by atoms with E-state index in [1.807, 2.05) is 20.8 Å². The summed E-state index contributed by atoms with van der Waals surface area (Å²) in [5, 5.41) is 6.89. The van der Waals surface area contributed by atoms with Crippen LogP contribution >= 0.6 is 0 Å². The second kappa shape index (κ2) is 13.7. The molecule has 0 aliphatic heterocycles. The van der Waals surface area contributed by atoms with Gasteiger partial charge in [0.1, 0.15) is 0 Å². The van der Waals surface area contributed by atoms with Crippen molar-refractivity contribution in [1.82, 2.24) is 0 Å². The van der Waals surface area contributed by atoms with E-state index in [1.54, 1.807) is 0 Å². The maximum Gasteiger partial charge on any atom is 0.290 e. The number of carboxylic acid groups (broad SMARTS) is 1. The van der Waals surface area contributed by atoms with Gasteiger partial charge in [0.15, 0.2) is 0 Å². The van der Waals surface area contributed by atoms with Crippen molar-refractivity contribution in [2.24, 2.45) is 0 Å². The average molecular weight is 226 g/mol. The first-order chi connectivity index (χ1) is 7.74. The van der Waals surface area contributed by atoms with E-state index < -0.39 is 0 Å². The number of carbonyl (C=O) groups is 1. The highest BCUT2D eigenvalue weighted by atomic mass is 16.5. The van der Waals surface area contributed by atoms with E-state index in [1.165, 1.54) is 11.1 Å². The second-order valence-electron chi connectivity index (χ2n) is 2.73. The van der Waals surface area contributed by atoms with Gasteiger partial charge in [0, 0.05) is 6.61 Å². The Morgan fingerprint density at radius 3 is 2.06 bits per heavy atom. The summed E-state index contributed by atoms with van der Waals surface area (Å²) < 4.78 is 5.26. The van der Waals surface area contributed by atoms with E-state index in [-0.39, 0.29) is 6.47 Å². The quantitative estimate of drug-likeness (QED) is 0.805. The standard InChI is InChI=1S/C10H14O.C2H6.CH2O2/c1-3-11-8-10-6-4-9(2)5-7-10;1-2;2-1-3/h4-7H,3,8H2,1-2H3;1-2H3;1H,(H,2,3). The van der Waals surface area contributed by atoms with Gasteiger partial charge in [-0.2, -0.15) is 0 Å². The van der Waals surface area contributed by atoms with Crippen LogP contribution in [-0.2, 0) is 16.1 Å². The Morgan fingerprint density at radius 2 is 1.69 bits per heavy atom. The van der Waals surface area contributed by atoms with E-state index in [0.717, 1.165) is 13.2 Å². The number of hydrogen-bond acceptors (Lipinski definition) is 2. The molecule has 16 heavy (non-hydrogen) atoms. The van der Waals surface area contributed by atoms with Crippen LogP contribution in [0.4, 0.5) is 0 Å². The summed E-state index contributed by atoms with van der Waals surface area (Å²) in [4.78, 5) is 8.36. The SMILES string of the molecule is CC.CCOCc1ccc(C)cc1.O=CO. The van der Waals surface area contributed by atoms with Gasteiger partial charge in [0.05, 0.1) is 6.61 Å². The summed E-state index contributed by atoms with van der Waals surface area (Å²) in [6, 6.07) is 8.42. The Hall–Kier alpha value is -1.35. The minimum atomic E-state index is -0.250. The van der Waals surface area contributed by atoms with Crippen molar-refractivity contribution in [2.45, 2.75) is 34.3 Å². The second-order valence-corrected chi connectivity index (χ2v) is 2.73. The van der Waals surface area contributed by atoms with Crippen LogP contribution in [0.15, 0.2) is 24.3 Å². The van der Waals surface area contributed by atoms with Crippen molar-refractivity contribution in [1.29, 1.82) is 0 Å². The maximum atomic E-state index is 8.36. The lowest BCUT2D eigenvalue weighted by atomic mass is 10.2. The van der Waals surface area contributed by atoms with Crippen molar-refractivity contribution >= 4 is 6.47 Å². The van der Waals surface area contributed by atoms with Crippen molar-refractivity contribution in [2.75, 3.05) is 6.61 Å². The van der Waals surface area contributed by atoms with Gasteiger partial charge in [-0.3, -0.25) is 4.79 Å². The average Bonchev–Trinajstić information content (AvgIpc) is 2.32. The van der Waals surface area contributed by atoms with E-state index in [0.29, 0.717) is 0 Å². The fourth-order valence-corrected chi connectivity index (χ4v) is 0.904. The Morgan fingerprint density at radius 1 is 1.25 bits per heavy atom. The first-order valence-corrected chi connectivity index (χ1v) is 5.45. The molecule has 0 bridgehead atoms. The Bertz CT molecular complexity index is 242. The van der Waals surface area contributed by atoms with Crippen LogP contribution in [0.3, 0.4) is 0 Å². The monoisotopic (exact) mass is 226 g/mol. The maximum absolute atomic E-state index is 8.36. The molecule has 0 amide bonds. The summed E-state index contributed by atoms with van der Waals surface area (Å²) in [6.07, 6.45) is 0. The van der Waals surface area contributed by atoms with Crippen LogP contribution in [0.1, 0.15) is 31.9 Å². The molecule has 3 nitrogen and oxygen atoms in total. The fourth-order valence-electron chi connectivity index (χ4n) is 0.904. The highest BCUT2D eigenvalue weighted by Gasteiger charge is 1.89. The molecule has 0 radical (unpaired) electrons. The van der Waals surface area contributed by atoms with E-state index in [4.69, 9.17) is 14.6 Å². The minimum absolute atomic E-state index is 0.250. The van der Waals surface area contributed by atoms with Gasteiger partial charge in [-0.15, -0.1) is 0 Å². The molecule has 3 heteroatoms. The Kier molecular flexibility index (Phi) is 14.6. The predicted octanol–water partition coefficient (Wildman–Crippen LogP) is 3.26. The van der Waals surface area contributed by atoms with Crippen molar-refractivity contribution in [3.05, 3.63) is 35.4 Å². The molecular formula is C13H22O3. The van der Waals surface area contributed by atoms with Crippen molar-refractivity contribution in [3.8, 4) is 0 Å². The van der Waals surface area contributed by atoms with Gasteiger partial charge in [-0.05, 0) is 19.4 Å². The first-order valence-electron chi connectivity index (χ1n) is 5.45. The molecule has 0 atom stereocenters. The van der Waals surface area contributed by atoms with Gasteiger partial charge in [0.25, 0.3) is 6.47 Å². The number of ether oxygens (including phenoxy) is 1. The topological polar surface area (TPSA) is 46.5 Å². The third kappa shape index (κ3) is 10.7. The van der Waals surface area contributed by atoms with Gasteiger partial charge in [-0.25, -0.2) is 0 Å². The summed E-state index contributed by atoms with van der Waals surface area (Å²) in [6.45, 7) is 9.36. The number of benzene rings is 1. The van der Waals surface area contributed by atoms with Gasteiger partial charge >= 0.3 is 0 Å². The highest BCUT2D eigenvalue weighted by molar-refractivity contribution is 5.32.